The average molecular weight is 344 g/mol. The van der Waals surface area contributed by atoms with Crippen LogP contribution in [0.2, 0.25) is 0 Å². The molecular formula is C18H24N4O3. The molecule has 1 amide bonds. The Morgan fingerprint density at radius 2 is 1.84 bits per heavy atom. The Bertz CT molecular complexity index is 736. The van der Waals surface area contributed by atoms with E-state index < -0.39 is 11.4 Å². The monoisotopic (exact) mass is 344 g/mol. The Labute approximate surface area is 147 Å². The molecule has 0 unspecified atom stereocenters. The van der Waals surface area contributed by atoms with Gasteiger partial charge in [-0.1, -0.05) is 37.3 Å². The molecule has 1 heterocycles. The highest BCUT2D eigenvalue weighted by molar-refractivity contribution is 5.80. The summed E-state index contributed by atoms with van der Waals surface area (Å²) in [4.78, 5) is 23.7. The van der Waals surface area contributed by atoms with Crippen molar-refractivity contribution in [2.45, 2.75) is 40.0 Å². The number of hydrogen-bond acceptors (Lipinski definition) is 4. The SMILES string of the molecule is CCC(CC)(CNC(=O)Cc1nnn(-c2ccccc2)c1C)C(=O)O. The molecule has 0 bridgehead atoms. The van der Waals surface area contributed by atoms with Gasteiger partial charge in [-0.25, -0.2) is 4.68 Å². The number of nitrogens with one attached hydrogen (secondary N) is 1. The number of carbonyl (C=O) groups is 2. The molecule has 7 heteroatoms. The summed E-state index contributed by atoms with van der Waals surface area (Å²) < 4.78 is 1.68. The van der Waals surface area contributed by atoms with Gasteiger partial charge in [-0.15, -0.1) is 5.10 Å². The summed E-state index contributed by atoms with van der Waals surface area (Å²) in [6.07, 6.45) is 0.993. The maximum absolute atomic E-state index is 12.2. The zero-order valence-corrected chi connectivity index (χ0v) is 14.8. The minimum atomic E-state index is -0.924. The van der Waals surface area contributed by atoms with Crippen LogP contribution in [0.5, 0.6) is 0 Å². The number of nitrogens with zero attached hydrogens (tertiary/aromatic N) is 3. The summed E-state index contributed by atoms with van der Waals surface area (Å²) >= 11 is 0. The first-order valence-electron chi connectivity index (χ1n) is 8.40. The van der Waals surface area contributed by atoms with Crippen molar-refractivity contribution in [2.24, 2.45) is 5.41 Å². The second-order valence-corrected chi connectivity index (χ2v) is 6.11. The molecule has 1 aromatic heterocycles. The number of amides is 1. The molecule has 25 heavy (non-hydrogen) atoms. The van der Waals surface area contributed by atoms with Gasteiger partial charge in [0.2, 0.25) is 5.91 Å². The van der Waals surface area contributed by atoms with E-state index in [1.54, 1.807) is 4.68 Å². The molecule has 0 aliphatic rings. The molecule has 0 spiro atoms. The van der Waals surface area contributed by atoms with Gasteiger partial charge in [-0.05, 0) is 31.9 Å². The molecule has 0 saturated carbocycles. The smallest absolute Gasteiger partial charge is 0.311 e. The van der Waals surface area contributed by atoms with Crippen LogP contribution < -0.4 is 5.32 Å². The minimum absolute atomic E-state index is 0.0712. The molecule has 0 radical (unpaired) electrons. The number of aromatic nitrogens is 3. The fourth-order valence-electron chi connectivity index (χ4n) is 2.70. The lowest BCUT2D eigenvalue weighted by molar-refractivity contribution is -0.149. The average Bonchev–Trinajstić information content (AvgIpc) is 2.97. The van der Waals surface area contributed by atoms with Crippen molar-refractivity contribution in [3.8, 4) is 5.69 Å². The Hall–Kier alpha value is -2.70. The number of para-hydroxylation sites is 1. The lowest BCUT2D eigenvalue weighted by Crippen LogP contribution is -2.42. The van der Waals surface area contributed by atoms with E-state index in [1.807, 2.05) is 51.1 Å². The third kappa shape index (κ3) is 4.04. The third-order valence-corrected chi connectivity index (χ3v) is 4.75. The molecule has 134 valence electrons. The Balaban J connectivity index is 2.04. The largest absolute Gasteiger partial charge is 0.481 e. The van der Waals surface area contributed by atoms with Crippen LogP contribution >= 0.6 is 0 Å². The number of rotatable bonds is 8. The van der Waals surface area contributed by atoms with Gasteiger partial charge in [-0.2, -0.15) is 0 Å². The lowest BCUT2D eigenvalue weighted by atomic mass is 9.82. The van der Waals surface area contributed by atoms with Crippen LogP contribution in [0, 0.1) is 12.3 Å². The van der Waals surface area contributed by atoms with E-state index in [0.29, 0.717) is 18.5 Å². The van der Waals surface area contributed by atoms with Gasteiger partial charge in [-0.3, -0.25) is 9.59 Å². The van der Waals surface area contributed by atoms with E-state index in [-0.39, 0.29) is 18.9 Å². The van der Waals surface area contributed by atoms with E-state index in [9.17, 15) is 14.7 Å². The predicted octanol–water partition coefficient (Wildman–Crippen LogP) is 2.13. The van der Waals surface area contributed by atoms with Crippen LogP contribution in [0.3, 0.4) is 0 Å². The van der Waals surface area contributed by atoms with Crippen molar-refractivity contribution in [3.05, 3.63) is 41.7 Å². The first kappa shape index (κ1) is 18.6. The Morgan fingerprint density at radius 3 is 2.40 bits per heavy atom. The number of carboxylic acids is 1. The maximum Gasteiger partial charge on any atom is 0.311 e. The van der Waals surface area contributed by atoms with Crippen LogP contribution in [0.1, 0.15) is 38.1 Å². The number of hydrogen-bond donors (Lipinski definition) is 2. The Kier molecular flexibility index (Phi) is 5.90. The van der Waals surface area contributed by atoms with Crippen molar-refractivity contribution in [3.63, 3.8) is 0 Å². The second kappa shape index (κ2) is 7.92. The second-order valence-electron chi connectivity index (χ2n) is 6.11. The lowest BCUT2D eigenvalue weighted by Gasteiger charge is -2.26. The standard InChI is InChI=1S/C18H24N4O3/c1-4-18(5-2,17(24)25)12-19-16(23)11-15-13(3)22(21-20-15)14-9-7-6-8-10-14/h6-10H,4-5,11-12H2,1-3H3,(H,19,23)(H,24,25). The van der Waals surface area contributed by atoms with Gasteiger partial charge in [0.25, 0.3) is 0 Å². The van der Waals surface area contributed by atoms with Gasteiger partial charge in [0.1, 0.15) is 0 Å². The highest BCUT2D eigenvalue weighted by Crippen LogP contribution is 2.25. The summed E-state index contributed by atoms with van der Waals surface area (Å²) in [5.41, 5.74) is 1.32. The number of benzene rings is 1. The summed E-state index contributed by atoms with van der Waals surface area (Å²) in [6, 6.07) is 9.55. The topological polar surface area (TPSA) is 97.1 Å². The fraction of sp³-hybridized carbons (Fsp3) is 0.444. The van der Waals surface area contributed by atoms with Gasteiger partial charge < -0.3 is 10.4 Å². The zero-order chi connectivity index (χ0) is 18.4. The molecule has 1 aromatic carbocycles. The Morgan fingerprint density at radius 1 is 1.20 bits per heavy atom. The molecule has 7 nitrogen and oxygen atoms in total. The number of aliphatic carboxylic acids is 1. The quantitative estimate of drug-likeness (QED) is 0.764. The maximum atomic E-state index is 12.2. The summed E-state index contributed by atoms with van der Waals surface area (Å²) in [6.45, 7) is 5.61. The van der Waals surface area contributed by atoms with Crippen molar-refractivity contribution in [1.82, 2.24) is 20.3 Å². The summed E-state index contributed by atoms with van der Waals surface area (Å²) in [5.74, 6) is -1.14. The van der Waals surface area contributed by atoms with Crippen LogP contribution in [0.15, 0.2) is 30.3 Å². The first-order chi connectivity index (χ1) is 11.9. The van der Waals surface area contributed by atoms with Crippen molar-refractivity contribution in [2.75, 3.05) is 6.54 Å². The van der Waals surface area contributed by atoms with Crippen LogP contribution in [-0.4, -0.2) is 38.5 Å². The number of carbonyl (C=O) groups excluding carboxylic acids is 1. The highest BCUT2D eigenvalue weighted by Gasteiger charge is 2.35. The van der Waals surface area contributed by atoms with E-state index in [1.165, 1.54) is 0 Å². The van der Waals surface area contributed by atoms with E-state index in [4.69, 9.17) is 0 Å². The van der Waals surface area contributed by atoms with Gasteiger partial charge in [0.05, 0.1) is 28.9 Å². The molecule has 0 fully saturated rings. The summed E-state index contributed by atoms with van der Waals surface area (Å²) in [5, 5.41) is 20.3. The molecule has 0 saturated heterocycles. The number of carboxylic acid groups (broad SMARTS) is 1. The van der Waals surface area contributed by atoms with E-state index in [2.05, 4.69) is 15.6 Å². The first-order valence-corrected chi connectivity index (χ1v) is 8.40. The van der Waals surface area contributed by atoms with Gasteiger partial charge >= 0.3 is 5.97 Å². The molecule has 0 atom stereocenters. The molecule has 2 N–H and O–H groups in total. The van der Waals surface area contributed by atoms with Crippen LogP contribution in [0.4, 0.5) is 0 Å². The third-order valence-electron chi connectivity index (χ3n) is 4.75. The minimum Gasteiger partial charge on any atom is -0.481 e. The van der Waals surface area contributed by atoms with Crippen molar-refractivity contribution >= 4 is 11.9 Å². The molecule has 0 aliphatic heterocycles. The van der Waals surface area contributed by atoms with Crippen molar-refractivity contribution < 1.29 is 14.7 Å². The van der Waals surface area contributed by atoms with Crippen LogP contribution in [-0.2, 0) is 16.0 Å². The normalized spacial score (nSPS) is 11.3. The summed E-state index contributed by atoms with van der Waals surface area (Å²) in [7, 11) is 0. The predicted molar refractivity (Wildman–Crippen MR) is 93.5 cm³/mol. The van der Waals surface area contributed by atoms with E-state index >= 15 is 0 Å². The fourth-order valence-corrected chi connectivity index (χ4v) is 2.70. The van der Waals surface area contributed by atoms with Crippen LogP contribution in [0.25, 0.3) is 5.69 Å². The van der Waals surface area contributed by atoms with Crippen molar-refractivity contribution in [1.29, 1.82) is 0 Å². The molecule has 0 aliphatic carbocycles. The molecule has 2 rings (SSSR count). The molecule has 2 aromatic rings. The molecular weight excluding hydrogens is 320 g/mol. The zero-order valence-electron chi connectivity index (χ0n) is 14.8. The van der Waals surface area contributed by atoms with E-state index in [0.717, 1.165) is 11.4 Å². The highest BCUT2D eigenvalue weighted by atomic mass is 16.4. The van der Waals surface area contributed by atoms with Gasteiger partial charge in [0, 0.05) is 6.54 Å². The van der Waals surface area contributed by atoms with Gasteiger partial charge in [0.15, 0.2) is 0 Å².